The van der Waals surface area contributed by atoms with E-state index in [1.54, 1.807) is 6.20 Å². The molecule has 0 spiro atoms. The first-order chi connectivity index (χ1) is 3.43. The Kier molecular flexibility index (Phi) is 3.65. The minimum absolute atomic E-state index is 0. The standard InChI is InChI=1S/C4H4ClNO.ClH/c5-1-4-2-6-3-7-4;/h2-3H,1H2;1H. The normalized spacial score (nSPS) is 8.12. The van der Waals surface area contributed by atoms with Gasteiger partial charge in [-0.1, -0.05) is 0 Å². The van der Waals surface area contributed by atoms with Crippen LogP contribution in [-0.4, -0.2) is 4.98 Å². The average molecular weight is 154 g/mol. The molecule has 0 aliphatic carbocycles. The quantitative estimate of drug-likeness (QED) is 0.576. The molecule has 0 saturated heterocycles. The van der Waals surface area contributed by atoms with Crippen LogP contribution in [0.4, 0.5) is 0 Å². The first-order valence-electron chi connectivity index (χ1n) is 1.87. The van der Waals surface area contributed by atoms with Crippen molar-refractivity contribution in [3.63, 3.8) is 0 Å². The summed E-state index contributed by atoms with van der Waals surface area (Å²) >= 11 is 5.33. The van der Waals surface area contributed by atoms with E-state index in [2.05, 4.69) is 4.98 Å². The van der Waals surface area contributed by atoms with E-state index in [-0.39, 0.29) is 12.4 Å². The zero-order valence-electron chi connectivity index (χ0n) is 4.00. The topological polar surface area (TPSA) is 26.0 Å². The molecule has 0 aliphatic rings. The Balaban J connectivity index is 0.000000490. The third-order valence-corrected chi connectivity index (χ3v) is 0.879. The molecule has 0 bridgehead atoms. The maximum absolute atomic E-state index is 5.33. The summed E-state index contributed by atoms with van der Waals surface area (Å²) in [5.74, 6) is 1.11. The van der Waals surface area contributed by atoms with E-state index in [0.717, 1.165) is 0 Å². The van der Waals surface area contributed by atoms with Gasteiger partial charge in [-0.2, -0.15) is 0 Å². The number of hydrogen-bond donors (Lipinski definition) is 0. The van der Waals surface area contributed by atoms with Crippen LogP contribution in [0.2, 0.25) is 0 Å². The predicted molar refractivity (Wildman–Crippen MR) is 33.3 cm³/mol. The first kappa shape index (κ1) is 7.79. The van der Waals surface area contributed by atoms with Crippen LogP contribution in [0.1, 0.15) is 5.76 Å². The van der Waals surface area contributed by atoms with Crippen LogP contribution in [0.3, 0.4) is 0 Å². The Labute approximate surface area is 58.3 Å². The molecule has 0 atom stereocenters. The van der Waals surface area contributed by atoms with Gasteiger partial charge in [0.25, 0.3) is 0 Å². The average Bonchev–Trinajstić information content (AvgIpc) is 2.14. The van der Waals surface area contributed by atoms with Crippen molar-refractivity contribution in [3.05, 3.63) is 18.4 Å². The van der Waals surface area contributed by atoms with Crippen LogP contribution in [0.5, 0.6) is 0 Å². The Morgan fingerprint density at radius 2 is 2.50 bits per heavy atom. The molecule has 0 unspecified atom stereocenters. The van der Waals surface area contributed by atoms with E-state index in [1.807, 2.05) is 0 Å². The fraction of sp³-hybridized carbons (Fsp3) is 0.250. The van der Waals surface area contributed by atoms with Crippen molar-refractivity contribution in [2.75, 3.05) is 0 Å². The van der Waals surface area contributed by atoms with Gasteiger partial charge in [-0.05, 0) is 0 Å². The molecule has 1 aromatic rings. The van der Waals surface area contributed by atoms with E-state index < -0.39 is 0 Å². The van der Waals surface area contributed by atoms with Crippen LogP contribution >= 0.6 is 24.0 Å². The second-order valence-corrected chi connectivity index (χ2v) is 1.37. The smallest absolute Gasteiger partial charge is 0.180 e. The van der Waals surface area contributed by atoms with Gasteiger partial charge in [-0.25, -0.2) is 4.98 Å². The van der Waals surface area contributed by atoms with Crippen molar-refractivity contribution in [3.8, 4) is 0 Å². The van der Waals surface area contributed by atoms with Gasteiger partial charge in [0.2, 0.25) is 0 Å². The molecule has 8 heavy (non-hydrogen) atoms. The second-order valence-electron chi connectivity index (χ2n) is 1.10. The summed E-state index contributed by atoms with van der Waals surface area (Å²) in [6, 6.07) is 0. The third-order valence-electron chi connectivity index (χ3n) is 0.615. The zero-order valence-corrected chi connectivity index (χ0v) is 5.58. The summed E-state index contributed by atoms with van der Waals surface area (Å²) in [7, 11) is 0. The number of hydrogen-bond acceptors (Lipinski definition) is 2. The lowest BCUT2D eigenvalue weighted by Gasteiger charge is -1.75. The highest BCUT2D eigenvalue weighted by molar-refractivity contribution is 6.16. The van der Waals surface area contributed by atoms with Crippen molar-refractivity contribution in [1.29, 1.82) is 0 Å². The van der Waals surface area contributed by atoms with Crippen molar-refractivity contribution in [1.82, 2.24) is 4.98 Å². The number of halogens is 2. The molecule has 2 nitrogen and oxygen atoms in total. The molecule has 0 saturated carbocycles. The van der Waals surface area contributed by atoms with Gasteiger partial charge in [-0.15, -0.1) is 24.0 Å². The molecule has 1 heterocycles. The summed E-state index contributed by atoms with van der Waals surface area (Å²) in [6.45, 7) is 0. The number of oxazole rings is 1. The summed E-state index contributed by atoms with van der Waals surface area (Å²) in [5, 5.41) is 0. The first-order valence-corrected chi connectivity index (χ1v) is 2.40. The molecule has 1 aromatic heterocycles. The van der Waals surface area contributed by atoms with E-state index >= 15 is 0 Å². The van der Waals surface area contributed by atoms with Crippen LogP contribution < -0.4 is 0 Å². The molecule has 0 fully saturated rings. The van der Waals surface area contributed by atoms with Crippen molar-refractivity contribution < 1.29 is 4.42 Å². The molecule has 0 aliphatic heterocycles. The van der Waals surface area contributed by atoms with Crippen molar-refractivity contribution in [2.45, 2.75) is 5.88 Å². The lowest BCUT2D eigenvalue weighted by Crippen LogP contribution is -1.63. The molecule has 1 rings (SSSR count). The Morgan fingerprint density at radius 1 is 1.75 bits per heavy atom. The number of rotatable bonds is 1. The third kappa shape index (κ3) is 1.72. The fourth-order valence-corrected chi connectivity index (χ4v) is 0.440. The summed E-state index contributed by atoms with van der Waals surface area (Å²) in [6.07, 6.45) is 2.95. The minimum atomic E-state index is 0. The van der Waals surface area contributed by atoms with E-state index in [0.29, 0.717) is 11.6 Å². The van der Waals surface area contributed by atoms with Crippen LogP contribution in [0.25, 0.3) is 0 Å². The molecule has 0 aromatic carbocycles. The zero-order chi connectivity index (χ0) is 5.11. The highest BCUT2D eigenvalue weighted by Crippen LogP contribution is 1.98. The molecule has 0 amide bonds. The summed E-state index contributed by atoms with van der Waals surface area (Å²) < 4.78 is 4.74. The van der Waals surface area contributed by atoms with Gasteiger partial charge in [0.15, 0.2) is 6.39 Å². The Morgan fingerprint density at radius 3 is 2.75 bits per heavy atom. The van der Waals surface area contributed by atoms with Gasteiger partial charge in [-0.3, -0.25) is 0 Å². The molecule has 46 valence electrons. The minimum Gasteiger partial charge on any atom is -0.447 e. The van der Waals surface area contributed by atoms with Crippen LogP contribution in [-0.2, 0) is 5.88 Å². The number of nitrogens with zero attached hydrogens (tertiary/aromatic N) is 1. The van der Waals surface area contributed by atoms with E-state index in [1.165, 1.54) is 6.39 Å². The summed E-state index contributed by atoms with van der Waals surface area (Å²) in [5.41, 5.74) is 0. The highest BCUT2D eigenvalue weighted by atomic mass is 35.5. The van der Waals surface area contributed by atoms with Gasteiger partial charge in [0, 0.05) is 0 Å². The van der Waals surface area contributed by atoms with E-state index in [9.17, 15) is 0 Å². The lowest BCUT2D eigenvalue weighted by molar-refractivity contribution is 0.522. The van der Waals surface area contributed by atoms with Gasteiger partial charge >= 0.3 is 0 Å². The number of aromatic nitrogens is 1. The Hall–Kier alpha value is -0.210. The fourth-order valence-electron chi connectivity index (χ4n) is 0.308. The second kappa shape index (κ2) is 3.75. The van der Waals surface area contributed by atoms with Crippen LogP contribution in [0.15, 0.2) is 17.0 Å². The molecule has 4 heteroatoms. The van der Waals surface area contributed by atoms with Gasteiger partial charge in [0.1, 0.15) is 5.76 Å². The Bertz CT molecular complexity index is 129. The SMILES string of the molecule is Cl.ClCc1cnco1. The number of alkyl halides is 1. The van der Waals surface area contributed by atoms with Gasteiger partial charge in [0.05, 0.1) is 12.1 Å². The monoisotopic (exact) mass is 153 g/mol. The molecular weight excluding hydrogens is 149 g/mol. The molecule has 0 N–H and O–H groups in total. The largest absolute Gasteiger partial charge is 0.447 e. The van der Waals surface area contributed by atoms with Crippen molar-refractivity contribution >= 4 is 24.0 Å². The van der Waals surface area contributed by atoms with Crippen LogP contribution in [0, 0.1) is 0 Å². The van der Waals surface area contributed by atoms with Crippen molar-refractivity contribution in [2.24, 2.45) is 0 Å². The maximum atomic E-state index is 5.33. The van der Waals surface area contributed by atoms with Gasteiger partial charge < -0.3 is 4.42 Å². The summed E-state index contributed by atoms with van der Waals surface area (Å²) in [4.78, 5) is 3.64. The maximum Gasteiger partial charge on any atom is 0.180 e. The van der Waals surface area contributed by atoms with E-state index in [4.69, 9.17) is 16.0 Å². The lowest BCUT2D eigenvalue weighted by atomic mass is 10.6. The molecule has 0 radical (unpaired) electrons. The predicted octanol–water partition coefficient (Wildman–Crippen LogP) is 1.84. The highest BCUT2D eigenvalue weighted by Gasteiger charge is 1.87. The molecular formula is C4H5Cl2NO.